The van der Waals surface area contributed by atoms with Gasteiger partial charge in [0.25, 0.3) is 6.47 Å². The molecule has 0 radical (unpaired) electrons. The van der Waals surface area contributed by atoms with Gasteiger partial charge in [-0.1, -0.05) is 30.3 Å². The third-order valence-corrected chi connectivity index (χ3v) is 3.97. The number of ether oxygens (including phenoxy) is 1. The Morgan fingerprint density at radius 3 is 2.45 bits per heavy atom. The first-order valence-electron chi connectivity index (χ1n) is 7.07. The largest absolute Gasteiger partial charge is 0.461 e. The molecule has 1 aromatic carbocycles. The summed E-state index contributed by atoms with van der Waals surface area (Å²) in [6, 6.07) is 9.84. The maximum Gasteiger partial charge on any atom is 0.293 e. The Bertz CT molecular complexity index is 436. The van der Waals surface area contributed by atoms with Crippen LogP contribution in [0.15, 0.2) is 30.3 Å². The molecule has 0 aromatic heterocycles. The molecule has 1 aliphatic rings. The quantitative estimate of drug-likeness (QED) is 0.835. The molecule has 0 spiro atoms. The average Bonchev–Trinajstić information content (AvgIpc) is 2.42. The average molecular weight is 277 g/mol. The van der Waals surface area contributed by atoms with Gasteiger partial charge in [0, 0.05) is 19.6 Å². The second-order valence-corrected chi connectivity index (χ2v) is 6.15. The van der Waals surface area contributed by atoms with Gasteiger partial charge < -0.3 is 9.84 Å². The van der Waals surface area contributed by atoms with Crippen molar-refractivity contribution in [2.75, 3.05) is 19.6 Å². The third-order valence-electron chi connectivity index (χ3n) is 3.97. The summed E-state index contributed by atoms with van der Waals surface area (Å²) in [6.07, 6.45) is 1.41. The number of nitrogens with zero attached hydrogens (tertiary/aromatic N) is 1. The zero-order valence-electron chi connectivity index (χ0n) is 12.2. The van der Waals surface area contributed by atoms with Crippen LogP contribution in [-0.4, -0.2) is 41.7 Å². The molecule has 0 amide bonds. The monoisotopic (exact) mass is 277 g/mol. The highest BCUT2D eigenvalue weighted by Gasteiger charge is 2.35. The number of piperidine rings is 1. The van der Waals surface area contributed by atoms with Crippen LogP contribution in [-0.2, 0) is 15.1 Å². The van der Waals surface area contributed by atoms with Gasteiger partial charge in [-0.3, -0.25) is 9.69 Å². The molecule has 1 fully saturated rings. The van der Waals surface area contributed by atoms with E-state index in [9.17, 15) is 9.90 Å². The minimum absolute atomic E-state index is 0.482. The molecule has 1 saturated heterocycles. The molecular formula is C16H23NO3. The first-order valence-corrected chi connectivity index (χ1v) is 7.07. The number of carbonyl (C=O) groups excluding carboxylic acids is 1. The minimum Gasteiger partial charge on any atom is -0.461 e. The van der Waals surface area contributed by atoms with Crippen molar-refractivity contribution in [3.8, 4) is 0 Å². The summed E-state index contributed by atoms with van der Waals surface area (Å²) in [6.45, 7) is 6.60. The predicted octanol–water partition coefficient (Wildman–Crippen LogP) is 1.92. The lowest BCUT2D eigenvalue weighted by atomic mass is 9.84. The smallest absolute Gasteiger partial charge is 0.293 e. The van der Waals surface area contributed by atoms with Crippen LogP contribution in [0.4, 0.5) is 0 Å². The van der Waals surface area contributed by atoms with Gasteiger partial charge in [-0.25, -0.2) is 0 Å². The van der Waals surface area contributed by atoms with E-state index in [-0.39, 0.29) is 0 Å². The van der Waals surface area contributed by atoms with Gasteiger partial charge in [0.1, 0.15) is 5.60 Å². The van der Waals surface area contributed by atoms with E-state index in [1.165, 1.54) is 0 Å². The van der Waals surface area contributed by atoms with E-state index in [4.69, 9.17) is 4.74 Å². The first kappa shape index (κ1) is 15.0. The molecule has 1 N–H and O–H groups in total. The van der Waals surface area contributed by atoms with E-state index in [0.717, 1.165) is 18.7 Å². The predicted molar refractivity (Wildman–Crippen MR) is 77.2 cm³/mol. The van der Waals surface area contributed by atoms with Crippen molar-refractivity contribution in [3.63, 3.8) is 0 Å². The van der Waals surface area contributed by atoms with Gasteiger partial charge in [-0.2, -0.15) is 0 Å². The van der Waals surface area contributed by atoms with Gasteiger partial charge in [-0.15, -0.1) is 0 Å². The fourth-order valence-electron chi connectivity index (χ4n) is 2.82. The Labute approximate surface area is 120 Å². The lowest BCUT2D eigenvalue weighted by Crippen LogP contribution is -2.48. The van der Waals surface area contributed by atoms with Crippen LogP contribution in [0.2, 0.25) is 0 Å². The summed E-state index contributed by atoms with van der Waals surface area (Å²) in [5, 5.41) is 10.7. The lowest BCUT2D eigenvalue weighted by Gasteiger charge is -2.40. The highest BCUT2D eigenvalue weighted by molar-refractivity contribution is 5.38. The van der Waals surface area contributed by atoms with E-state index in [1.54, 1.807) is 0 Å². The van der Waals surface area contributed by atoms with E-state index in [1.807, 2.05) is 44.2 Å². The standard InChI is InChI=1S/C16H23NO3/c1-15(2,20-13-18)12-17-10-8-16(19,9-11-17)14-6-4-3-5-7-14/h3-7,13,19H,8-12H2,1-2H3. The number of benzene rings is 1. The Balaban J connectivity index is 1.94. The Morgan fingerprint density at radius 1 is 1.30 bits per heavy atom. The summed E-state index contributed by atoms with van der Waals surface area (Å²) < 4.78 is 5.08. The number of carbonyl (C=O) groups is 1. The van der Waals surface area contributed by atoms with Gasteiger partial charge >= 0.3 is 0 Å². The summed E-state index contributed by atoms with van der Waals surface area (Å²) in [7, 11) is 0. The number of hydrogen-bond donors (Lipinski definition) is 1. The Kier molecular flexibility index (Phi) is 4.45. The van der Waals surface area contributed by atoms with Crippen LogP contribution >= 0.6 is 0 Å². The summed E-state index contributed by atoms with van der Waals surface area (Å²) >= 11 is 0. The molecule has 0 aliphatic carbocycles. The second kappa shape index (κ2) is 5.94. The normalized spacial score (nSPS) is 19.6. The molecule has 20 heavy (non-hydrogen) atoms. The zero-order chi connectivity index (χ0) is 14.6. The Morgan fingerprint density at radius 2 is 1.90 bits per heavy atom. The van der Waals surface area contributed by atoms with Crippen LogP contribution in [0.25, 0.3) is 0 Å². The van der Waals surface area contributed by atoms with Crippen molar-refractivity contribution >= 4 is 6.47 Å². The van der Waals surface area contributed by atoms with Crippen LogP contribution in [0.1, 0.15) is 32.3 Å². The highest BCUT2D eigenvalue weighted by atomic mass is 16.5. The molecule has 1 heterocycles. The molecule has 0 atom stereocenters. The fraction of sp³-hybridized carbons (Fsp3) is 0.562. The van der Waals surface area contributed by atoms with Gasteiger partial charge in [0.05, 0.1) is 5.60 Å². The highest BCUT2D eigenvalue weighted by Crippen LogP contribution is 2.33. The van der Waals surface area contributed by atoms with Gasteiger partial charge in [0.15, 0.2) is 0 Å². The number of aliphatic hydroxyl groups is 1. The third kappa shape index (κ3) is 3.58. The van der Waals surface area contributed by atoms with Crippen molar-refractivity contribution in [2.24, 2.45) is 0 Å². The van der Waals surface area contributed by atoms with Crippen LogP contribution in [0.3, 0.4) is 0 Å². The molecule has 4 heteroatoms. The Hall–Kier alpha value is -1.39. The lowest BCUT2D eigenvalue weighted by molar-refractivity contribution is -0.143. The van der Waals surface area contributed by atoms with Crippen molar-refractivity contribution in [3.05, 3.63) is 35.9 Å². The molecule has 4 nitrogen and oxygen atoms in total. The van der Waals surface area contributed by atoms with E-state index in [2.05, 4.69) is 4.90 Å². The van der Waals surface area contributed by atoms with Gasteiger partial charge in [-0.05, 0) is 32.3 Å². The van der Waals surface area contributed by atoms with Gasteiger partial charge in [0.2, 0.25) is 0 Å². The van der Waals surface area contributed by atoms with Crippen molar-refractivity contribution in [1.29, 1.82) is 0 Å². The van der Waals surface area contributed by atoms with Crippen molar-refractivity contribution < 1.29 is 14.6 Å². The maximum atomic E-state index is 10.7. The molecule has 0 saturated carbocycles. The molecule has 110 valence electrons. The van der Waals surface area contributed by atoms with Crippen LogP contribution in [0, 0.1) is 0 Å². The van der Waals surface area contributed by atoms with E-state index < -0.39 is 11.2 Å². The maximum absolute atomic E-state index is 10.7. The van der Waals surface area contributed by atoms with E-state index >= 15 is 0 Å². The van der Waals surface area contributed by atoms with Crippen molar-refractivity contribution in [1.82, 2.24) is 4.90 Å². The van der Waals surface area contributed by atoms with Crippen molar-refractivity contribution in [2.45, 2.75) is 37.9 Å². The summed E-state index contributed by atoms with van der Waals surface area (Å²) in [4.78, 5) is 12.7. The second-order valence-electron chi connectivity index (χ2n) is 6.15. The zero-order valence-corrected chi connectivity index (χ0v) is 12.2. The molecule has 0 unspecified atom stereocenters. The number of rotatable bonds is 5. The molecule has 1 aromatic rings. The topological polar surface area (TPSA) is 49.8 Å². The summed E-state index contributed by atoms with van der Waals surface area (Å²) in [5.74, 6) is 0. The number of likely N-dealkylation sites (tertiary alicyclic amines) is 1. The van der Waals surface area contributed by atoms with E-state index in [0.29, 0.717) is 25.9 Å². The van der Waals surface area contributed by atoms with Crippen LogP contribution in [0.5, 0.6) is 0 Å². The van der Waals surface area contributed by atoms with Crippen LogP contribution < -0.4 is 0 Å². The SMILES string of the molecule is CC(C)(CN1CCC(O)(c2ccccc2)CC1)OC=O. The number of hydrogen-bond acceptors (Lipinski definition) is 4. The molecular weight excluding hydrogens is 254 g/mol. The minimum atomic E-state index is -0.729. The first-order chi connectivity index (χ1) is 9.45. The molecule has 0 bridgehead atoms. The summed E-state index contributed by atoms with van der Waals surface area (Å²) in [5.41, 5.74) is -0.222. The molecule has 1 aliphatic heterocycles. The fourth-order valence-corrected chi connectivity index (χ4v) is 2.82. The molecule has 2 rings (SSSR count).